The fourth-order valence-corrected chi connectivity index (χ4v) is 0. The van der Waals surface area contributed by atoms with E-state index in [1.54, 1.807) is 0 Å². The van der Waals surface area contributed by atoms with Crippen molar-refractivity contribution in [3.05, 3.63) is 26.6 Å². The Balaban J connectivity index is -0.0000000156. The van der Waals surface area contributed by atoms with E-state index in [0.717, 1.165) is 0 Å². The van der Waals surface area contributed by atoms with Crippen molar-refractivity contribution in [3.8, 4) is 0 Å². The molecule has 0 heterocycles. The second-order valence-electron chi connectivity index (χ2n) is 0.428. The van der Waals surface area contributed by atoms with Gasteiger partial charge in [0.05, 0.1) is 0 Å². The summed E-state index contributed by atoms with van der Waals surface area (Å²) in [5.41, 5.74) is 0. The molecule has 0 atom stereocenters. The Bertz CT molecular complexity index is 201. The van der Waals surface area contributed by atoms with Crippen LogP contribution in [0.3, 0.4) is 0 Å². The van der Waals surface area contributed by atoms with Gasteiger partial charge >= 0.3 is 45.2 Å². The predicted molar refractivity (Wildman–Crippen MR) is 28.0 cm³/mol. The quantitative estimate of drug-likeness (QED) is 0.197. The van der Waals surface area contributed by atoms with Crippen LogP contribution in [0.15, 0.2) is 0 Å². The van der Waals surface area contributed by atoms with Gasteiger partial charge < -0.3 is 4.55 Å². The van der Waals surface area contributed by atoms with Crippen molar-refractivity contribution < 1.29 is 55.6 Å². The van der Waals surface area contributed by atoms with Crippen LogP contribution >= 0.6 is 0 Å². The Kier molecular flexibility index (Phi) is 147. The third-order valence-corrected chi connectivity index (χ3v) is 0. The smallest absolute Gasteiger partial charge is 0 e. The Morgan fingerprint density at radius 2 is 0.857 bits per heavy atom. The Labute approximate surface area is 92.9 Å². The first-order valence-corrected chi connectivity index (χ1v) is 2.86. The van der Waals surface area contributed by atoms with Crippen molar-refractivity contribution in [3.63, 3.8) is 0 Å². The van der Waals surface area contributed by atoms with Crippen molar-refractivity contribution in [2.45, 2.75) is 0 Å². The van der Waals surface area contributed by atoms with Crippen molar-refractivity contribution in [1.82, 2.24) is 0 Å². The molecule has 0 rings (SSSR count). The van der Waals surface area contributed by atoms with E-state index < -0.39 is 10.4 Å². The topological polar surface area (TPSA) is 157 Å². The molecule has 0 aliphatic carbocycles. The molecule has 0 bridgehead atoms. The average molecular weight is 312 g/mol. The summed E-state index contributed by atoms with van der Waals surface area (Å²) in [6.45, 7) is 18.0. The first kappa shape index (κ1) is 37.6. The van der Waals surface area contributed by atoms with Crippen LogP contribution in [0.1, 0.15) is 0 Å². The zero-order valence-corrected chi connectivity index (χ0v) is 8.50. The summed E-state index contributed by atoms with van der Waals surface area (Å²) in [6.07, 6.45) is 0. The minimum atomic E-state index is -4.92. The zero-order valence-electron chi connectivity index (χ0n) is 6.05. The Morgan fingerprint density at radius 1 is 0.857 bits per heavy atom. The van der Waals surface area contributed by atoms with Gasteiger partial charge in [0, 0.05) is 19.5 Å². The van der Waals surface area contributed by atoms with E-state index in [2.05, 4.69) is 26.6 Å². The van der Waals surface area contributed by atoms with E-state index in [4.69, 9.17) is 36.1 Å². The van der Waals surface area contributed by atoms with E-state index in [1.165, 1.54) is 0 Å². The van der Waals surface area contributed by atoms with Gasteiger partial charge in [-0.05, 0) is 0 Å². The van der Waals surface area contributed by atoms with Crippen molar-refractivity contribution >= 4 is 10.4 Å². The molecule has 0 aliphatic heterocycles. The van der Waals surface area contributed by atoms with Crippen LogP contribution in [0.4, 0.5) is 0 Å². The molecule has 0 amide bonds. The molecule has 14 heavy (non-hydrogen) atoms. The second-order valence-corrected chi connectivity index (χ2v) is 1.28. The molecule has 0 saturated heterocycles. The van der Waals surface area contributed by atoms with Crippen LogP contribution < -0.4 is 0 Å². The van der Waals surface area contributed by atoms with Crippen molar-refractivity contribution in [1.29, 1.82) is 0 Å². The van der Waals surface area contributed by atoms with Crippen LogP contribution in [0, 0.1) is 26.6 Å². The van der Waals surface area contributed by atoms with Crippen molar-refractivity contribution in [2.75, 3.05) is 0 Å². The molecule has 8 nitrogen and oxygen atoms in total. The Morgan fingerprint density at radius 3 is 0.857 bits per heavy atom. The van der Waals surface area contributed by atoms with Gasteiger partial charge in [-0.25, -0.2) is 8.42 Å². The molecule has 0 aliphatic rings. The molecule has 0 aromatic carbocycles. The standard InChI is InChI=1S/4CO.H2O4S.Rh/c4*1-2;1-5(2,3)4;/h;;;;(H2,1,2,3,4);/p-1. The number of rotatable bonds is 0. The Hall–Kier alpha value is -0.547. The fourth-order valence-electron chi connectivity index (χ4n) is 0. The molecule has 1 radical (unpaired) electrons. The van der Waals surface area contributed by atoms with Crippen LogP contribution in [0.5, 0.6) is 0 Å². The summed E-state index contributed by atoms with van der Waals surface area (Å²) in [5, 5.41) is 0. The summed E-state index contributed by atoms with van der Waals surface area (Å²) in [7, 11) is -4.92. The normalized spacial score (nSPS) is 4.71. The number of hydrogen-bond donors (Lipinski definition) is 1. The van der Waals surface area contributed by atoms with Gasteiger partial charge in [0.25, 0.3) is 0 Å². The van der Waals surface area contributed by atoms with Crippen LogP contribution in [0.2, 0.25) is 0 Å². The zero-order chi connectivity index (χ0) is 12.5. The maximum Gasteiger partial charge on any atom is 0 e. The monoisotopic (exact) mass is 312 g/mol. The first-order chi connectivity index (χ1) is 6.00. The molecule has 0 saturated carbocycles. The van der Waals surface area contributed by atoms with Crippen molar-refractivity contribution in [2.24, 2.45) is 0 Å². The predicted octanol–water partition coefficient (Wildman–Crippen LogP) is -1.15. The number of hydrogen-bond acceptors (Lipinski definition) is 3. The minimum absolute atomic E-state index is 0. The molecule has 0 aromatic heterocycles. The third kappa shape index (κ3) is 4190. The molecular weight excluding hydrogens is 311 g/mol. The van der Waals surface area contributed by atoms with Gasteiger partial charge in [-0.2, -0.15) is 0 Å². The van der Waals surface area contributed by atoms with E-state index >= 15 is 0 Å². The van der Waals surface area contributed by atoms with Crippen LogP contribution in [-0.4, -0.2) is 17.5 Å². The molecule has 81 valence electrons. The summed E-state index contributed by atoms with van der Waals surface area (Å²) in [6, 6.07) is 0. The van der Waals surface area contributed by atoms with E-state index in [0.29, 0.717) is 0 Å². The van der Waals surface area contributed by atoms with Crippen LogP contribution in [0.25, 0.3) is 0 Å². The van der Waals surface area contributed by atoms with Gasteiger partial charge in [0.15, 0.2) is 0 Å². The molecule has 1 N–H and O–H groups in total. The fraction of sp³-hybridized carbons (Fsp3) is 0. The molecule has 0 spiro atoms. The largest absolute Gasteiger partial charge is 0 e. The van der Waals surface area contributed by atoms with Gasteiger partial charge in [0.1, 0.15) is 0 Å². The van der Waals surface area contributed by atoms with E-state index in [-0.39, 0.29) is 19.5 Å². The molecule has 0 fully saturated rings. The molecular formula is C4HO8RhS-. The second kappa shape index (κ2) is 54.9. The SMILES string of the molecule is O=S(=O)([O-])O.[C-]#[O+].[C-]#[O+].[C-]#[O+].[C-]#[O+].[Rh]. The first-order valence-electron chi connectivity index (χ1n) is 1.50. The summed E-state index contributed by atoms with van der Waals surface area (Å²) in [5.74, 6) is 0. The molecule has 0 unspecified atom stereocenters. The molecule has 10 heteroatoms. The summed E-state index contributed by atoms with van der Waals surface area (Å²) < 4.78 is 62.8. The maximum atomic E-state index is 8.63. The summed E-state index contributed by atoms with van der Waals surface area (Å²) in [4.78, 5) is 0. The van der Waals surface area contributed by atoms with Crippen LogP contribution in [-0.2, 0) is 48.5 Å². The molecule has 0 aromatic rings. The van der Waals surface area contributed by atoms with Gasteiger partial charge in [-0.3, -0.25) is 4.55 Å². The van der Waals surface area contributed by atoms with E-state index in [1.807, 2.05) is 0 Å². The van der Waals surface area contributed by atoms with Gasteiger partial charge in [-0.1, -0.05) is 0 Å². The summed E-state index contributed by atoms with van der Waals surface area (Å²) >= 11 is 0. The van der Waals surface area contributed by atoms with Gasteiger partial charge in [0.2, 0.25) is 10.4 Å². The maximum absolute atomic E-state index is 8.63. The van der Waals surface area contributed by atoms with E-state index in [9.17, 15) is 0 Å². The average Bonchev–Trinajstić information content (AvgIpc) is 2.14. The third-order valence-electron chi connectivity index (χ3n) is 0. The minimum Gasteiger partial charge on any atom is 0 e. The van der Waals surface area contributed by atoms with Gasteiger partial charge in [-0.15, -0.1) is 0 Å².